The highest BCUT2D eigenvalue weighted by molar-refractivity contribution is 6.18. The summed E-state index contributed by atoms with van der Waals surface area (Å²) in [6, 6.07) is 34.4. The van der Waals surface area contributed by atoms with Crippen molar-refractivity contribution in [2.45, 2.75) is 151 Å². The first-order chi connectivity index (χ1) is 31.8. The molecule has 0 nitrogen and oxygen atoms in total. The van der Waals surface area contributed by atoms with Crippen LogP contribution in [0.15, 0.2) is 161 Å². The first kappa shape index (κ1) is 46.3. The second-order valence-corrected chi connectivity index (χ2v) is 25.8. The van der Waals surface area contributed by atoms with E-state index in [1.165, 1.54) is 117 Å². The zero-order valence-electron chi connectivity index (χ0n) is 44.3. The Morgan fingerprint density at radius 1 is 0.618 bits per heavy atom. The van der Waals surface area contributed by atoms with Crippen molar-refractivity contribution in [3.05, 3.63) is 205 Å². The Morgan fingerprint density at radius 3 is 1.74 bits per heavy atom. The van der Waals surface area contributed by atoms with Gasteiger partial charge in [-0.05, 0) is 171 Å². The molecule has 4 atom stereocenters. The van der Waals surface area contributed by atoms with E-state index in [0.717, 1.165) is 12.8 Å². The van der Waals surface area contributed by atoms with Crippen LogP contribution in [0.25, 0.3) is 38.6 Å². The van der Waals surface area contributed by atoms with Gasteiger partial charge in [0.1, 0.15) is 0 Å². The molecule has 0 heterocycles. The molecule has 0 amide bonds. The van der Waals surface area contributed by atoms with Crippen molar-refractivity contribution in [2.24, 2.45) is 17.3 Å². The Kier molecular flexibility index (Phi) is 10.6. The lowest BCUT2D eigenvalue weighted by Gasteiger charge is -2.45. The van der Waals surface area contributed by atoms with E-state index in [9.17, 15) is 0 Å². The predicted molar refractivity (Wildman–Crippen MR) is 295 cm³/mol. The van der Waals surface area contributed by atoms with E-state index in [4.69, 9.17) is 0 Å². The van der Waals surface area contributed by atoms with Gasteiger partial charge in [0.25, 0.3) is 0 Å². The molecule has 0 aliphatic heterocycles. The molecule has 4 unspecified atom stereocenters. The monoisotopic (exact) mass is 893 g/mol. The van der Waals surface area contributed by atoms with Crippen molar-refractivity contribution in [1.82, 2.24) is 0 Å². The van der Waals surface area contributed by atoms with Crippen LogP contribution in [0, 0.1) is 17.3 Å². The number of allylic oxidation sites excluding steroid dienone is 12. The molecule has 0 spiro atoms. The zero-order valence-corrected chi connectivity index (χ0v) is 44.3. The van der Waals surface area contributed by atoms with Crippen molar-refractivity contribution in [3.63, 3.8) is 0 Å². The lowest BCUT2D eigenvalue weighted by molar-refractivity contribution is 0.423. The summed E-state index contributed by atoms with van der Waals surface area (Å²) in [7, 11) is 0. The third-order valence-corrected chi connectivity index (χ3v) is 16.8. The van der Waals surface area contributed by atoms with Crippen LogP contribution in [-0.2, 0) is 21.7 Å². The molecule has 0 radical (unpaired) electrons. The van der Waals surface area contributed by atoms with Gasteiger partial charge in [0.05, 0.1) is 0 Å². The molecule has 348 valence electrons. The van der Waals surface area contributed by atoms with Crippen molar-refractivity contribution in [3.8, 4) is 22.3 Å². The van der Waals surface area contributed by atoms with Gasteiger partial charge in [-0.25, -0.2) is 0 Å². The van der Waals surface area contributed by atoms with E-state index in [1.807, 2.05) is 0 Å². The van der Waals surface area contributed by atoms with Crippen molar-refractivity contribution in [2.75, 3.05) is 0 Å². The molecule has 10 rings (SSSR count). The third kappa shape index (κ3) is 7.13. The largest absolute Gasteiger partial charge is 0.0991 e. The zero-order chi connectivity index (χ0) is 48.8. The maximum absolute atomic E-state index is 4.52. The SMILES string of the molecule is C=C/C=C1\C2CC(C3=C(C)C=C(C)CC3C)=CC=C2C2=C(c3cc(C(C)(C)C)cc(C(C)(C)C)c3)c3cc4c5c(cccc5c3C(c3cc(C(C)(C)C)cc(C(C)(C)C)c3)C21C)-c1ccccc1-4. The third-order valence-electron chi connectivity index (χ3n) is 16.8. The molecule has 0 aromatic heterocycles. The molecule has 0 N–H and O–H groups in total. The molecule has 5 aliphatic carbocycles. The highest BCUT2D eigenvalue weighted by Crippen LogP contribution is 2.70. The van der Waals surface area contributed by atoms with Gasteiger partial charge in [0.2, 0.25) is 0 Å². The summed E-state index contributed by atoms with van der Waals surface area (Å²) >= 11 is 0. The van der Waals surface area contributed by atoms with Crippen molar-refractivity contribution in [1.29, 1.82) is 0 Å². The summed E-state index contributed by atoms with van der Waals surface area (Å²) in [4.78, 5) is 0. The Balaban J connectivity index is 1.43. The van der Waals surface area contributed by atoms with Gasteiger partial charge in [-0.2, -0.15) is 0 Å². The summed E-state index contributed by atoms with van der Waals surface area (Å²) in [5.41, 5.74) is 27.8. The van der Waals surface area contributed by atoms with Crippen molar-refractivity contribution < 1.29 is 0 Å². The summed E-state index contributed by atoms with van der Waals surface area (Å²) < 4.78 is 0. The van der Waals surface area contributed by atoms with Crippen LogP contribution < -0.4 is 0 Å². The molecule has 68 heavy (non-hydrogen) atoms. The molecule has 0 bridgehead atoms. The number of hydrogen-bond acceptors (Lipinski definition) is 0. The molecule has 0 heteroatoms. The molecule has 1 saturated carbocycles. The quantitative estimate of drug-likeness (QED) is 0.165. The maximum atomic E-state index is 4.52. The second-order valence-electron chi connectivity index (χ2n) is 25.8. The fourth-order valence-corrected chi connectivity index (χ4v) is 13.4. The summed E-state index contributed by atoms with van der Waals surface area (Å²) in [6.07, 6.45) is 14.2. The van der Waals surface area contributed by atoms with E-state index in [1.54, 1.807) is 5.57 Å². The van der Waals surface area contributed by atoms with Crippen LogP contribution in [0.2, 0.25) is 0 Å². The van der Waals surface area contributed by atoms with Gasteiger partial charge < -0.3 is 0 Å². The van der Waals surface area contributed by atoms with Crippen molar-refractivity contribution >= 4 is 16.3 Å². The van der Waals surface area contributed by atoms with E-state index in [-0.39, 0.29) is 33.5 Å². The molecule has 1 fully saturated rings. The van der Waals surface area contributed by atoms with E-state index in [2.05, 4.69) is 233 Å². The topological polar surface area (TPSA) is 0 Å². The second kappa shape index (κ2) is 15.5. The van der Waals surface area contributed by atoms with Crippen LogP contribution >= 0.6 is 0 Å². The van der Waals surface area contributed by atoms with Crippen LogP contribution in [-0.4, -0.2) is 0 Å². The van der Waals surface area contributed by atoms with Gasteiger partial charge in [-0.15, -0.1) is 0 Å². The normalized spacial score (nSPS) is 23.0. The highest BCUT2D eigenvalue weighted by atomic mass is 14.6. The Hall–Kier alpha value is -5.46. The lowest BCUT2D eigenvalue weighted by Crippen LogP contribution is -2.33. The Labute approximate surface area is 410 Å². The molecular weight excluding hydrogens is 817 g/mol. The smallest absolute Gasteiger partial charge is 0.0261 e. The minimum atomic E-state index is -0.426. The number of rotatable bonds is 4. The number of fused-ring (bicyclic) bond motifs is 8. The maximum Gasteiger partial charge on any atom is 0.0261 e. The Bertz CT molecular complexity index is 3130. The van der Waals surface area contributed by atoms with Crippen LogP contribution in [0.1, 0.15) is 174 Å². The van der Waals surface area contributed by atoms with E-state index >= 15 is 0 Å². The fourth-order valence-electron chi connectivity index (χ4n) is 13.4. The summed E-state index contributed by atoms with van der Waals surface area (Å²) in [6.45, 7) is 43.0. The molecule has 5 aromatic rings. The molecule has 0 saturated heterocycles. The van der Waals surface area contributed by atoms with Gasteiger partial charge in [0, 0.05) is 17.3 Å². The molecule has 5 aliphatic rings. The highest BCUT2D eigenvalue weighted by Gasteiger charge is 2.57. The lowest BCUT2D eigenvalue weighted by atomic mass is 9.57. The molecular formula is C68H76. The van der Waals surface area contributed by atoms with Gasteiger partial charge in [-0.3, -0.25) is 0 Å². The first-order valence-corrected chi connectivity index (χ1v) is 25.7. The average Bonchev–Trinajstić information content (AvgIpc) is 3.70. The number of hydrogen-bond donors (Lipinski definition) is 0. The minimum absolute atomic E-state index is 0.0156. The first-order valence-electron chi connectivity index (χ1n) is 25.7. The van der Waals surface area contributed by atoms with Gasteiger partial charge >= 0.3 is 0 Å². The van der Waals surface area contributed by atoms with Crippen LogP contribution in [0.5, 0.6) is 0 Å². The molecule has 5 aromatic carbocycles. The summed E-state index contributed by atoms with van der Waals surface area (Å²) in [5, 5.41) is 2.78. The average molecular weight is 893 g/mol. The standard InChI is InChI=1S/C68H76/c1-18-22-57-54-35-42(58-40(3)29-39(2)30-41(58)4)27-28-52(54)63-59(43-31-45(64(5,6)7)36-46(32-43)65(8,9)10)56-38-55-50-24-20-19-23-49(50)51-25-21-26-53(60(51)55)61(56)62(68(57,63)17)44-33-47(66(11,12)13)37-48(34-44)67(14,15)16/h18-29,31-34,36-38,41,54,62H,1,30,35H2,2-17H3/b57-22+. The van der Waals surface area contributed by atoms with E-state index < -0.39 is 5.41 Å². The fraction of sp³-hybridized carbons (Fsp3) is 0.382. The predicted octanol–water partition coefficient (Wildman–Crippen LogP) is 18.9. The summed E-state index contributed by atoms with van der Waals surface area (Å²) in [5.74, 6) is 0.704. The van der Waals surface area contributed by atoms with Crippen LogP contribution in [0.3, 0.4) is 0 Å². The van der Waals surface area contributed by atoms with E-state index in [0.29, 0.717) is 5.92 Å². The van der Waals surface area contributed by atoms with Gasteiger partial charge in [-0.1, -0.05) is 224 Å². The van der Waals surface area contributed by atoms with Crippen LogP contribution in [0.4, 0.5) is 0 Å². The number of benzene rings is 5. The minimum Gasteiger partial charge on any atom is -0.0991 e. The van der Waals surface area contributed by atoms with Gasteiger partial charge in [0.15, 0.2) is 0 Å². The Morgan fingerprint density at radius 2 is 1.18 bits per heavy atom.